The predicted molar refractivity (Wildman–Crippen MR) is 332 cm³/mol. The van der Waals surface area contributed by atoms with Crippen molar-refractivity contribution < 1.29 is 85.8 Å². The van der Waals surface area contributed by atoms with Gasteiger partial charge in [0.25, 0.3) is 0 Å². The average molecular weight is 1240 g/mol. The molecule has 0 aliphatic heterocycles. The molecular weight excluding hydrogens is 1150 g/mol. The highest BCUT2D eigenvalue weighted by atomic mass is 16.6. The van der Waals surface area contributed by atoms with Crippen molar-refractivity contribution in [2.24, 2.45) is 11.8 Å². The van der Waals surface area contributed by atoms with Gasteiger partial charge in [-0.05, 0) is 185 Å². The van der Waals surface area contributed by atoms with Gasteiger partial charge in [0.15, 0.2) is 0 Å². The molecule has 0 saturated heterocycles. The SMILES string of the molecule is CCOC(=O)C(C(=O)Nc1ccccc1Cc1ccc(NC(=O)OCCCCCC(C)(C)OC(=O)CCCCC(=O)OCCCCCCC(C)(C)OC(=O)Nc2ccc(Cc3ccccc3NC(=O)C(C(=O)OCC)C(=O)OCC)cc2)cc1)C(=O)OCC. The van der Waals surface area contributed by atoms with E-state index in [4.69, 9.17) is 37.9 Å². The minimum Gasteiger partial charge on any atom is -0.466 e. The van der Waals surface area contributed by atoms with Crippen molar-refractivity contribution in [3.63, 3.8) is 0 Å². The molecule has 4 rings (SSSR count). The molecule has 89 heavy (non-hydrogen) atoms. The summed E-state index contributed by atoms with van der Waals surface area (Å²) in [5, 5.41) is 10.8. The van der Waals surface area contributed by atoms with E-state index in [1.54, 1.807) is 94.4 Å². The first-order valence-electron chi connectivity index (χ1n) is 30.5. The molecule has 0 radical (unpaired) electrons. The van der Waals surface area contributed by atoms with Crippen LogP contribution in [0.1, 0.15) is 161 Å². The molecule has 0 spiro atoms. The van der Waals surface area contributed by atoms with E-state index < -0.39 is 70.9 Å². The zero-order chi connectivity index (χ0) is 65.2. The number of para-hydroxylation sites is 2. The summed E-state index contributed by atoms with van der Waals surface area (Å²) < 4.78 is 42.0. The van der Waals surface area contributed by atoms with Crippen LogP contribution in [0, 0.1) is 11.8 Å². The van der Waals surface area contributed by atoms with Crippen LogP contribution in [0.4, 0.5) is 32.3 Å². The predicted octanol–water partition coefficient (Wildman–Crippen LogP) is 11.7. The molecular formula is C67H88N4O18. The van der Waals surface area contributed by atoms with Crippen molar-refractivity contribution in [1.29, 1.82) is 0 Å². The average Bonchev–Trinajstić information content (AvgIpc) is 3.62. The lowest BCUT2D eigenvalue weighted by Crippen LogP contribution is -2.38. The van der Waals surface area contributed by atoms with E-state index in [1.165, 1.54) is 0 Å². The Morgan fingerprint density at radius 1 is 0.382 bits per heavy atom. The van der Waals surface area contributed by atoms with Gasteiger partial charge in [-0.2, -0.15) is 0 Å². The second kappa shape index (κ2) is 38.5. The number of carbonyl (C=O) groups is 10. The first-order valence-corrected chi connectivity index (χ1v) is 30.5. The molecule has 0 fully saturated rings. The largest absolute Gasteiger partial charge is 0.466 e. The maximum absolute atomic E-state index is 13.1. The highest BCUT2D eigenvalue weighted by molar-refractivity contribution is 6.19. The maximum Gasteiger partial charge on any atom is 0.412 e. The molecule has 0 aliphatic rings. The Morgan fingerprint density at radius 2 is 0.753 bits per heavy atom. The minimum atomic E-state index is -1.77. The second-order valence-corrected chi connectivity index (χ2v) is 22.1. The zero-order valence-corrected chi connectivity index (χ0v) is 52.6. The topological polar surface area (TPSA) is 293 Å². The highest BCUT2D eigenvalue weighted by Crippen LogP contribution is 2.26. The lowest BCUT2D eigenvalue weighted by molar-refractivity contribution is -0.166. The van der Waals surface area contributed by atoms with Gasteiger partial charge in [0.2, 0.25) is 23.7 Å². The number of hydrogen-bond acceptors (Lipinski definition) is 18. The molecule has 22 heteroatoms. The Balaban J connectivity index is 1.02. The fourth-order valence-electron chi connectivity index (χ4n) is 9.18. The van der Waals surface area contributed by atoms with Crippen LogP contribution in [0.25, 0.3) is 0 Å². The molecule has 0 saturated carbocycles. The van der Waals surface area contributed by atoms with Gasteiger partial charge in [-0.15, -0.1) is 0 Å². The number of benzene rings is 4. The van der Waals surface area contributed by atoms with E-state index >= 15 is 0 Å². The number of unbranched alkanes of at least 4 members (excludes halogenated alkanes) is 6. The van der Waals surface area contributed by atoms with Crippen LogP contribution in [-0.4, -0.2) is 111 Å². The van der Waals surface area contributed by atoms with Crippen LogP contribution < -0.4 is 21.3 Å². The molecule has 4 aromatic rings. The van der Waals surface area contributed by atoms with Gasteiger partial charge in [0.1, 0.15) is 11.2 Å². The smallest absolute Gasteiger partial charge is 0.412 e. The standard InChI is InChI=1S/C67H88N4O18/c1-9-82-60(76)56(61(77)83-10-2)58(74)70-52-28-18-16-26-48(52)44-46-32-36-50(37-33-46)68-64(80)87-43-25-15-23-40-66(5,6)88-55(73)31-21-20-30-54(72)86-42-24-14-13-22-41-67(7,8)89-65(81)69-51-38-34-47(35-39-51)45-49-27-17-19-29-53(49)71-59(75)57(62(78)84-11-3)63(79)85-12-4/h16-19,26-29,32-39,56-57H,9-15,20-25,30-31,40-45H2,1-8H3,(H,68,80)(H,69,81)(H,70,74)(H,71,75). The number of nitrogens with one attached hydrogen (secondary N) is 4. The quantitative estimate of drug-likeness (QED) is 0.0140. The molecule has 0 heterocycles. The highest BCUT2D eigenvalue weighted by Gasteiger charge is 2.39. The van der Waals surface area contributed by atoms with Crippen LogP contribution in [0.3, 0.4) is 0 Å². The summed E-state index contributed by atoms with van der Waals surface area (Å²) in [6, 6.07) is 28.2. The van der Waals surface area contributed by atoms with Crippen molar-refractivity contribution in [3.05, 3.63) is 119 Å². The summed E-state index contributed by atoms with van der Waals surface area (Å²) in [6.07, 6.45) is 7.41. The minimum absolute atomic E-state index is 0.0103. The van der Waals surface area contributed by atoms with Gasteiger partial charge in [0.05, 0.1) is 39.6 Å². The Morgan fingerprint density at radius 3 is 1.19 bits per heavy atom. The molecule has 22 nitrogen and oxygen atoms in total. The third-order valence-electron chi connectivity index (χ3n) is 13.7. The second-order valence-electron chi connectivity index (χ2n) is 22.1. The van der Waals surface area contributed by atoms with Crippen LogP contribution in [-0.2, 0) is 89.1 Å². The zero-order valence-electron chi connectivity index (χ0n) is 52.6. The van der Waals surface area contributed by atoms with Crippen molar-refractivity contribution in [2.45, 2.75) is 163 Å². The molecule has 0 aliphatic carbocycles. The van der Waals surface area contributed by atoms with E-state index in [-0.39, 0.29) is 57.8 Å². The summed E-state index contributed by atoms with van der Waals surface area (Å²) in [5.41, 5.74) is 3.59. The summed E-state index contributed by atoms with van der Waals surface area (Å²) in [4.78, 5) is 126. The lowest BCUT2D eigenvalue weighted by Gasteiger charge is -2.25. The molecule has 484 valence electrons. The number of esters is 6. The number of rotatable bonds is 38. The Hall–Kier alpha value is -8.82. The maximum atomic E-state index is 13.1. The molecule has 0 bridgehead atoms. The fourth-order valence-corrected chi connectivity index (χ4v) is 9.18. The first kappa shape index (κ1) is 72.7. The van der Waals surface area contributed by atoms with Crippen molar-refractivity contribution in [3.8, 4) is 0 Å². The molecule has 0 aromatic heterocycles. The van der Waals surface area contributed by atoms with E-state index in [1.807, 2.05) is 58.0 Å². The van der Waals surface area contributed by atoms with Crippen LogP contribution in [0.2, 0.25) is 0 Å². The first-order chi connectivity index (χ1) is 42.6. The number of ether oxygens (including phenoxy) is 8. The normalized spacial score (nSPS) is 11.2. The van der Waals surface area contributed by atoms with Gasteiger partial charge in [-0.25, -0.2) is 9.59 Å². The van der Waals surface area contributed by atoms with Gasteiger partial charge in [0, 0.05) is 35.6 Å². The molecule has 4 aromatic carbocycles. The summed E-state index contributed by atoms with van der Waals surface area (Å²) in [5.74, 6) is -9.91. The number of hydrogen-bond donors (Lipinski definition) is 4. The third-order valence-corrected chi connectivity index (χ3v) is 13.7. The summed E-state index contributed by atoms with van der Waals surface area (Å²) >= 11 is 0. The monoisotopic (exact) mass is 1240 g/mol. The van der Waals surface area contributed by atoms with Gasteiger partial charge in [-0.1, -0.05) is 73.5 Å². The molecule has 0 atom stereocenters. The molecule has 4 N–H and O–H groups in total. The van der Waals surface area contributed by atoms with Crippen LogP contribution in [0.5, 0.6) is 0 Å². The number of carbonyl (C=O) groups excluding carboxylic acids is 10. The van der Waals surface area contributed by atoms with Crippen molar-refractivity contribution >= 4 is 82.6 Å². The molecule has 4 amide bonds. The summed E-state index contributed by atoms with van der Waals surface area (Å²) in [6.45, 7) is 14.1. The Kier molecular flexibility index (Phi) is 31.4. The summed E-state index contributed by atoms with van der Waals surface area (Å²) in [7, 11) is 0. The fraction of sp³-hybridized carbons (Fsp3) is 0.493. The van der Waals surface area contributed by atoms with E-state index in [2.05, 4.69) is 21.3 Å². The van der Waals surface area contributed by atoms with Crippen LogP contribution >= 0.6 is 0 Å². The van der Waals surface area contributed by atoms with Crippen molar-refractivity contribution in [1.82, 2.24) is 0 Å². The van der Waals surface area contributed by atoms with E-state index in [0.29, 0.717) is 80.7 Å². The van der Waals surface area contributed by atoms with Gasteiger partial charge < -0.3 is 48.5 Å². The van der Waals surface area contributed by atoms with E-state index in [9.17, 15) is 47.9 Å². The number of anilines is 4. The molecule has 0 unspecified atom stereocenters. The van der Waals surface area contributed by atoms with Gasteiger partial charge in [-0.3, -0.25) is 49.0 Å². The number of amides is 4. The van der Waals surface area contributed by atoms with E-state index in [0.717, 1.165) is 54.4 Å². The Bertz CT molecular complexity index is 2930. The van der Waals surface area contributed by atoms with Gasteiger partial charge >= 0.3 is 48.0 Å². The third kappa shape index (κ3) is 27.4. The lowest BCUT2D eigenvalue weighted by atomic mass is 10.00. The van der Waals surface area contributed by atoms with Crippen molar-refractivity contribution in [2.75, 3.05) is 60.9 Å². The van der Waals surface area contributed by atoms with Crippen LogP contribution in [0.15, 0.2) is 97.1 Å². The Labute approximate surface area is 521 Å².